The summed E-state index contributed by atoms with van der Waals surface area (Å²) < 4.78 is 20.0. The van der Waals surface area contributed by atoms with E-state index in [0.29, 0.717) is 5.76 Å². The molecule has 1 aromatic rings. The zero-order chi connectivity index (χ0) is 18.8. The van der Waals surface area contributed by atoms with Crippen molar-refractivity contribution >= 4 is 35.6 Å². The second kappa shape index (κ2) is 6.87. The molecule has 0 saturated heterocycles. The first-order valence-electron chi connectivity index (χ1n) is 7.72. The van der Waals surface area contributed by atoms with Crippen LogP contribution in [-0.2, 0) is 14.3 Å². The Labute approximate surface area is 148 Å². The molecule has 1 aromatic carbocycles. The number of ether oxygens (including phenoxy) is 1. The summed E-state index contributed by atoms with van der Waals surface area (Å²) in [5.41, 5.74) is -0.0326. The van der Waals surface area contributed by atoms with Gasteiger partial charge in [0.05, 0.1) is 19.8 Å². The first-order chi connectivity index (χ1) is 12.4. The van der Waals surface area contributed by atoms with Crippen LogP contribution in [0.15, 0.2) is 41.1 Å². The molecule has 2 heterocycles. The molecule has 2 aliphatic heterocycles. The standard InChI is InChI=1S/C17H15FN4O4/c1-21-15-14(12(26-2)7-8-19-15)16(24)22(17(21)25)9-13(23)20-11-6-4-3-5-10(11)18/h3-8,14H,9H2,1-2H3/p+1. The molecule has 0 radical (unpaired) electrons. The minimum absolute atomic E-state index is 0.0326. The van der Waals surface area contributed by atoms with E-state index in [1.807, 2.05) is 0 Å². The highest BCUT2D eigenvalue weighted by molar-refractivity contribution is 6.16. The van der Waals surface area contributed by atoms with E-state index in [9.17, 15) is 18.8 Å². The topological polar surface area (TPSA) is 91.1 Å². The van der Waals surface area contributed by atoms with E-state index >= 15 is 0 Å². The van der Waals surface area contributed by atoms with Crippen LogP contribution >= 0.6 is 0 Å². The lowest BCUT2D eigenvalue weighted by Crippen LogP contribution is -2.56. The zero-order valence-electron chi connectivity index (χ0n) is 14.1. The number of carbonyl (C=O) groups is 3. The first-order valence-corrected chi connectivity index (χ1v) is 7.72. The number of hydrogen-bond acceptors (Lipinski definition) is 5. The Hall–Kier alpha value is -3.36. The zero-order valence-corrected chi connectivity index (χ0v) is 14.1. The van der Waals surface area contributed by atoms with Gasteiger partial charge in [-0.2, -0.15) is 9.48 Å². The molecular weight excluding hydrogens is 343 g/mol. The van der Waals surface area contributed by atoms with Crippen LogP contribution < -0.4 is 5.32 Å². The van der Waals surface area contributed by atoms with Crippen LogP contribution in [0.2, 0.25) is 0 Å². The summed E-state index contributed by atoms with van der Waals surface area (Å²) in [5.74, 6) is -2.30. The molecule has 0 aromatic heterocycles. The fraction of sp³-hybridized carbons (Fsp3) is 0.235. The number of amides is 4. The van der Waals surface area contributed by atoms with Crippen LogP contribution in [-0.4, -0.2) is 60.1 Å². The number of urea groups is 1. The molecule has 26 heavy (non-hydrogen) atoms. The highest BCUT2D eigenvalue weighted by atomic mass is 19.1. The van der Waals surface area contributed by atoms with E-state index in [1.54, 1.807) is 6.07 Å². The average Bonchev–Trinajstić information content (AvgIpc) is 2.64. The van der Waals surface area contributed by atoms with E-state index in [2.05, 4.69) is 10.3 Å². The van der Waals surface area contributed by atoms with Crippen molar-refractivity contribution < 1.29 is 28.1 Å². The molecule has 1 N–H and O–H groups in total. The molecule has 9 heteroatoms. The number of imide groups is 1. The highest BCUT2D eigenvalue weighted by Crippen LogP contribution is 2.24. The van der Waals surface area contributed by atoms with E-state index in [1.165, 1.54) is 49.2 Å². The van der Waals surface area contributed by atoms with Gasteiger partial charge in [-0.1, -0.05) is 12.1 Å². The number of amidine groups is 1. The second-order valence-corrected chi connectivity index (χ2v) is 5.64. The molecule has 4 amide bonds. The number of allylic oxidation sites excluding steroid dienone is 1. The summed E-state index contributed by atoms with van der Waals surface area (Å²) in [6, 6.07) is 4.92. The Kier molecular flexibility index (Phi) is 4.61. The predicted molar refractivity (Wildman–Crippen MR) is 90.4 cm³/mol. The number of carbonyl (C=O) groups excluding carboxylic acids is 3. The minimum atomic E-state index is -0.908. The van der Waals surface area contributed by atoms with Crippen molar-refractivity contribution in [2.24, 2.45) is 10.9 Å². The van der Waals surface area contributed by atoms with Crippen LogP contribution in [0.4, 0.5) is 14.9 Å². The van der Waals surface area contributed by atoms with Gasteiger partial charge in [0.25, 0.3) is 11.7 Å². The van der Waals surface area contributed by atoms with Crippen molar-refractivity contribution in [3.8, 4) is 0 Å². The van der Waals surface area contributed by atoms with Crippen LogP contribution in [0.1, 0.15) is 0 Å². The largest absolute Gasteiger partial charge is 0.499 e. The third kappa shape index (κ3) is 2.99. The van der Waals surface area contributed by atoms with Crippen molar-refractivity contribution in [2.75, 3.05) is 26.0 Å². The Morgan fingerprint density at radius 2 is 2.12 bits per heavy atom. The molecule has 0 saturated carbocycles. The van der Waals surface area contributed by atoms with Crippen LogP contribution in [0, 0.1) is 11.7 Å². The van der Waals surface area contributed by atoms with Gasteiger partial charge in [0.2, 0.25) is 0 Å². The monoisotopic (exact) mass is 359 g/mol. The number of benzene rings is 1. The number of nitrogens with one attached hydrogen (secondary N) is 1. The molecule has 8 nitrogen and oxygen atoms in total. The summed E-state index contributed by atoms with van der Waals surface area (Å²) in [6.07, 6.45) is 2.95. The normalized spacial score (nSPS) is 19.3. The molecular formula is C17H16FN4O4+. The summed E-state index contributed by atoms with van der Waals surface area (Å²) in [7, 11) is 2.86. The number of rotatable bonds is 4. The van der Waals surface area contributed by atoms with Crippen molar-refractivity contribution in [2.45, 2.75) is 0 Å². The SMILES string of the molecule is COC1=CC=NC2=[N+](C)C(=O)N(CC(=O)Nc3ccccc3F)C(=O)C12. The third-order valence-corrected chi connectivity index (χ3v) is 4.05. The number of halogens is 1. The Bertz CT molecular complexity index is 891. The lowest BCUT2D eigenvalue weighted by Gasteiger charge is -2.27. The van der Waals surface area contributed by atoms with Crippen molar-refractivity contribution in [3.63, 3.8) is 0 Å². The predicted octanol–water partition coefficient (Wildman–Crippen LogP) is 0.998. The molecule has 1 atom stereocenters. The van der Waals surface area contributed by atoms with E-state index < -0.39 is 36.1 Å². The van der Waals surface area contributed by atoms with Gasteiger partial charge >= 0.3 is 11.9 Å². The van der Waals surface area contributed by atoms with E-state index in [-0.39, 0.29) is 11.5 Å². The van der Waals surface area contributed by atoms with E-state index in [0.717, 1.165) is 4.90 Å². The van der Waals surface area contributed by atoms with Gasteiger partial charge in [-0.05, 0) is 12.1 Å². The molecule has 0 fully saturated rings. The maximum atomic E-state index is 13.6. The Morgan fingerprint density at radius 1 is 1.38 bits per heavy atom. The van der Waals surface area contributed by atoms with Crippen molar-refractivity contribution in [1.29, 1.82) is 0 Å². The Morgan fingerprint density at radius 3 is 2.81 bits per heavy atom. The van der Waals surface area contributed by atoms with Crippen molar-refractivity contribution in [1.82, 2.24) is 4.90 Å². The van der Waals surface area contributed by atoms with Gasteiger partial charge in [-0.3, -0.25) is 9.59 Å². The quantitative estimate of drug-likeness (QED) is 0.812. The number of para-hydroxylation sites is 1. The maximum Gasteiger partial charge on any atom is 0.446 e. The van der Waals surface area contributed by atoms with Gasteiger partial charge < -0.3 is 10.1 Å². The lowest BCUT2D eigenvalue weighted by atomic mass is 9.99. The molecule has 0 aliphatic carbocycles. The van der Waals surface area contributed by atoms with Crippen molar-refractivity contribution in [3.05, 3.63) is 41.9 Å². The van der Waals surface area contributed by atoms with Gasteiger partial charge in [0, 0.05) is 6.08 Å². The highest BCUT2D eigenvalue weighted by Gasteiger charge is 2.49. The fourth-order valence-corrected chi connectivity index (χ4v) is 2.75. The number of nitrogens with zero attached hydrogens (tertiary/aromatic N) is 3. The number of aliphatic imine (C=N–C) groups is 1. The number of anilines is 1. The van der Waals surface area contributed by atoms with Crippen LogP contribution in [0.3, 0.4) is 0 Å². The maximum absolute atomic E-state index is 13.6. The van der Waals surface area contributed by atoms with E-state index in [4.69, 9.17) is 4.74 Å². The first kappa shape index (κ1) is 17.5. The van der Waals surface area contributed by atoms with Gasteiger partial charge in [0.15, 0.2) is 12.5 Å². The smallest absolute Gasteiger partial charge is 0.446 e. The molecule has 134 valence electrons. The molecule has 1 unspecified atom stereocenters. The Balaban J connectivity index is 1.83. The van der Waals surface area contributed by atoms with Gasteiger partial charge in [0.1, 0.15) is 17.8 Å². The lowest BCUT2D eigenvalue weighted by molar-refractivity contribution is -0.408. The van der Waals surface area contributed by atoms with Gasteiger partial charge in [-0.25, -0.2) is 9.18 Å². The summed E-state index contributed by atoms with van der Waals surface area (Å²) in [6.45, 7) is -0.555. The van der Waals surface area contributed by atoms with Crippen LogP contribution in [0.5, 0.6) is 0 Å². The number of methoxy groups -OCH3 is 1. The molecule has 3 rings (SSSR count). The number of fused-ring (bicyclic) bond motifs is 1. The molecule has 0 spiro atoms. The number of hydrogen-bond donors (Lipinski definition) is 1. The number of dihydropyridines is 1. The third-order valence-electron chi connectivity index (χ3n) is 4.05. The molecule has 0 bridgehead atoms. The fourth-order valence-electron chi connectivity index (χ4n) is 2.75. The molecule has 2 aliphatic rings. The summed E-state index contributed by atoms with van der Waals surface area (Å²) >= 11 is 0. The van der Waals surface area contributed by atoms with Gasteiger partial charge in [-0.15, -0.1) is 4.99 Å². The summed E-state index contributed by atoms with van der Waals surface area (Å²) in [5, 5.41) is 2.35. The summed E-state index contributed by atoms with van der Waals surface area (Å²) in [4.78, 5) is 42.3. The van der Waals surface area contributed by atoms with Crippen LogP contribution in [0.25, 0.3) is 0 Å². The average molecular weight is 359 g/mol. The minimum Gasteiger partial charge on any atom is -0.499 e. The second-order valence-electron chi connectivity index (χ2n) is 5.64.